The molecule has 3 heterocycles. The Morgan fingerprint density at radius 2 is 1.90 bits per heavy atom. The summed E-state index contributed by atoms with van der Waals surface area (Å²) in [5, 5.41) is 13.0. The van der Waals surface area contributed by atoms with Gasteiger partial charge in [0.15, 0.2) is 5.65 Å². The van der Waals surface area contributed by atoms with E-state index >= 15 is 0 Å². The highest BCUT2D eigenvalue weighted by Crippen LogP contribution is 2.28. The van der Waals surface area contributed by atoms with Crippen LogP contribution in [0.1, 0.15) is 37.8 Å². The summed E-state index contributed by atoms with van der Waals surface area (Å²) in [4.78, 5) is 19.3. The van der Waals surface area contributed by atoms with Gasteiger partial charge in [0.1, 0.15) is 5.82 Å². The molecule has 2 aromatic carbocycles. The zero-order valence-electron chi connectivity index (χ0n) is 23.9. The van der Waals surface area contributed by atoms with E-state index in [1.165, 1.54) is 5.56 Å². The van der Waals surface area contributed by atoms with Gasteiger partial charge in [0, 0.05) is 59.8 Å². The molecule has 1 aliphatic rings. The first-order valence-corrected chi connectivity index (χ1v) is 15.5. The van der Waals surface area contributed by atoms with Crippen molar-refractivity contribution in [1.29, 1.82) is 0 Å². The lowest BCUT2D eigenvalue weighted by molar-refractivity contribution is -0.135. The summed E-state index contributed by atoms with van der Waals surface area (Å²) in [6.45, 7) is 14.8. The zero-order chi connectivity index (χ0) is 28.2. The van der Waals surface area contributed by atoms with Crippen molar-refractivity contribution >= 4 is 36.9 Å². The molecule has 208 valence electrons. The number of amides is 1. The number of nitrogens with zero attached hydrogens (tertiary/aromatic N) is 4. The van der Waals surface area contributed by atoms with Crippen molar-refractivity contribution in [1.82, 2.24) is 19.5 Å². The molecule has 0 aliphatic carbocycles. The van der Waals surface area contributed by atoms with E-state index in [1.807, 2.05) is 29.5 Å². The van der Waals surface area contributed by atoms with Crippen molar-refractivity contribution in [3.8, 4) is 11.3 Å². The molecule has 4 aromatic rings. The van der Waals surface area contributed by atoms with Crippen LogP contribution in [0, 0.1) is 18.8 Å². The molecule has 1 unspecified atom stereocenters. The van der Waals surface area contributed by atoms with E-state index in [9.17, 15) is 4.79 Å². The molecule has 0 bridgehead atoms. The number of nitrogens with one attached hydrogen (secondary N) is 2. The summed E-state index contributed by atoms with van der Waals surface area (Å²) in [6, 6.07) is 18.9. The number of hydrogen-bond acceptors (Lipinski definition) is 5. The van der Waals surface area contributed by atoms with Crippen LogP contribution < -0.4 is 15.9 Å². The van der Waals surface area contributed by atoms with Crippen LogP contribution in [0.15, 0.2) is 73.1 Å². The lowest BCUT2D eigenvalue weighted by Gasteiger charge is -2.34. The highest BCUT2D eigenvalue weighted by molar-refractivity contribution is 7.46. The van der Waals surface area contributed by atoms with Gasteiger partial charge in [-0.3, -0.25) is 4.79 Å². The predicted molar refractivity (Wildman–Crippen MR) is 168 cm³/mol. The van der Waals surface area contributed by atoms with Gasteiger partial charge in [-0.1, -0.05) is 65.4 Å². The number of allylic oxidation sites excluding steroid dienone is 1. The Hall–Kier alpha value is -3.70. The molecule has 1 atom stereocenters. The smallest absolute Gasteiger partial charge is 0.225 e. The van der Waals surface area contributed by atoms with Gasteiger partial charge in [0.2, 0.25) is 5.91 Å². The Labute approximate surface area is 238 Å². The van der Waals surface area contributed by atoms with Gasteiger partial charge in [0.25, 0.3) is 0 Å². The van der Waals surface area contributed by atoms with E-state index in [4.69, 9.17) is 4.98 Å². The Kier molecular flexibility index (Phi) is 8.51. The topological polar surface area (TPSA) is 74.6 Å². The van der Waals surface area contributed by atoms with E-state index in [0.717, 1.165) is 70.9 Å². The van der Waals surface area contributed by atoms with Gasteiger partial charge < -0.3 is 15.5 Å². The van der Waals surface area contributed by atoms with Crippen molar-refractivity contribution in [3.05, 3.63) is 84.2 Å². The summed E-state index contributed by atoms with van der Waals surface area (Å²) in [5.74, 6) is 1.57. The Bertz CT molecular complexity index is 1520. The third-order valence-corrected chi connectivity index (χ3v) is 8.55. The average molecular weight is 555 g/mol. The second kappa shape index (κ2) is 12.2. The van der Waals surface area contributed by atoms with Crippen molar-refractivity contribution in [3.63, 3.8) is 0 Å². The highest BCUT2D eigenvalue weighted by atomic mass is 31.1. The molecule has 40 heavy (non-hydrogen) atoms. The standard InChI is InChI=1S/C32H39N6OP/c1-21(2)32(39)37-15-13-25(14-16-37)23(4)35-26-11-8-10-24(17-26)19-33-30-18-28(27-12-7-6-9-22(27)3)36-31-29(40-5)20-34-38(30)31/h6-12,17-18,20-21,25,33,35,40H,4,13-16,19H2,1-3,5H3. The minimum absolute atomic E-state index is 0.0499. The number of hydrogen-bond donors (Lipinski definition) is 2. The number of aromatic nitrogens is 3. The second-order valence-corrected chi connectivity index (χ2v) is 11.9. The van der Waals surface area contributed by atoms with Crippen LogP contribution in [-0.4, -0.2) is 45.2 Å². The Morgan fingerprint density at radius 1 is 1.12 bits per heavy atom. The molecule has 8 heteroatoms. The van der Waals surface area contributed by atoms with Crippen LogP contribution in [0.4, 0.5) is 11.5 Å². The van der Waals surface area contributed by atoms with E-state index in [2.05, 4.69) is 90.5 Å². The van der Waals surface area contributed by atoms with E-state index in [1.54, 1.807) is 0 Å². The maximum absolute atomic E-state index is 12.3. The molecule has 7 nitrogen and oxygen atoms in total. The van der Waals surface area contributed by atoms with Crippen LogP contribution in [0.25, 0.3) is 16.9 Å². The summed E-state index contributed by atoms with van der Waals surface area (Å²) in [5.41, 5.74) is 7.37. The number of piperidine rings is 1. The Balaban J connectivity index is 1.28. The van der Waals surface area contributed by atoms with E-state index in [-0.39, 0.29) is 11.8 Å². The van der Waals surface area contributed by atoms with Crippen molar-refractivity contribution in [2.45, 2.75) is 40.2 Å². The molecule has 1 amide bonds. The summed E-state index contributed by atoms with van der Waals surface area (Å²) >= 11 is 0. The summed E-state index contributed by atoms with van der Waals surface area (Å²) in [7, 11) is 0.614. The van der Waals surface area contributed by atoms with Gasteiger partial charge in [-0.2, -0.15) is 9.61 Å². The third kappa shape index (κ3) is 6.05. The van der Waals surface area contributed by atoms with Crippen LogP contribution >= 0.6 is 8.58 Å². The quantitative estimate of drug-likeness (QED) is 0.246. The SMILES string of the molecule is C=C(Nc1cccc(CNc2cc(-c3ccccc3C)nc3c(PC)cnn23)c1)C1CCN(C(=O)C(C)C)CC1. The van der Waals surface area contributed by atoms with Gasteiger partial charge in [-0.05, 0) is 49.7 Å². The molecule has 2 aromatic heterocycles. The number of fused-ring (bicyclic) bond motifs is 1. The van der Waals surface area contributed by atoms with Gasteiger partial charge in [-0.25, -0.2) is 4.98 Å². The molecule has 0 spiro atoms. The number of anilines is 2. The number of aryl methyl sites for hydroxylation is 1. The second-order valence-electron chi connectivity index (χ2n) is 10.8. The molecule has 2 N–H and O–H groups in total. The molecule has 0 radical (unpaired) electrons. The van der Waals surface area contributed by atoms with Crippen LogP contribution in [0.3, 0.4) is 0 Å². The zero-order valence-corrected chi connectivity index (χ0v) is 24.9. The number of carbonyl (C=O) groups excluding carboxylic acids is 1. The first-order valence-electron chi connectivity index (χ1n) is 14.0. The summed E-state index contributed by atoms with van der Waals surface area (Å²) in [6.07, 6.45) is 3.81. The largest absolute Gasteiger partial charge is 0.366 e. The van der Waals surface area contributed by atoms with E-state index < -0.39 is 0 Å². The normalized spacial score (nSPS) is 14.4. The fourth-order valence-corrected chi connectivity index (χ4v) is 5.89. The predicted octanol–water partition coefficient (Wildman–Crippen LogP) is 6.07. The van der Waals surface area contributed by atoms with Crippen LogP contribution in [0.2, 0.25) is 0 Å². The van der Waals surface area contributed by atoms with Gasteiger partial charge in [-0.15, -0.1) is 0 Å². The third-order valence-electron chi connectivity index (χ3n) is 7.66. The van der Waals surface area contributed by atoms with E-state index in [0.29, 0.717) is 21.0 Å². The maximum atomic E-state index is 12.3. The summed E-state index contributed by atoms with van der Waals surface area (Å²) < 4.78 is 1.91. The minimum Gasteiger partial charge on any atom is -0.366 e. The number of likely N-dealkylation sites (tertiary alicyclic amines) is 1. The van der Waals surface area contributed by atoms with Gasteiger partial charge >= 0.3 is 0 Å². The Morgan fingerprint density at radius 3 is 2.62 bits per heavy atom. The highest BCUT2D eigenvalue weighted by Gasteiger charge is 2.25. The molecule has 1 saturated heterocycles. The average Bonchev–Trinajstić information content (AvgIpc) is 3.39. The molecular formula is C32H39N6OP. The number of rotatable bonds is 9. The van der Waals surface area contributed by atoms with Crippen molar-refractivity contribution < 1.29 is 4.79 Å². The molecule has 5 rings (SSSR count). The number of carbonyl (C=O) groups is 1. The molecular weight excluding hydrogens is 515 g/mol. The fourth-order valence-electron chi connectivity index (χ4n) is 5.32. The molecule has 0 saturated carbocycles. The molecule has 1 aliphatic heterocycles. The first kappa shape index (κ1) is 27.9. The first-order chi connectivity index (χ1) is 19.3. The monoisotopic (exact) mass is 554 g/mol. The van der Waals surface area contributed by atoms with Crippen LogP contribution in [-0.2, 0) is 11.3 Å². The lowest BCUT2D eigenvalue weighted by atomic mass is 9.93. The minimum atomic E-state index is 0.0499. The maximum Gasteiger partial charge on any atom is 0.225 e. The van der Waals surface area contributed by atoms with Crippen molar-refractivity contribution in [2.75, 3.05) is 30.4 Å². The molecule has 1 fully saturated rings. The van der Waals surface area contributed by atoms with Crippen molar-refractivity contribution in [2.24, 2.45) is 11.8 Å². The van der Waals surface area contributed by atoms with Crippen LogP contribution in [0.5, 0.6) is 0 Å². The lowest BCUT2D eigenvalue weighted by Crippen LogP contribution is -2.41. The van der Waals surface area contributed by atoms with Gasteiger partial charge in [0.05, 0.1) is 11.9 Å². The number of benzene rings is 2. The fraction of sp³-hybridized carbons (Fsp3) is 0.344.